The van der Waals surface area contributed by atoms with Gasteiger partial charge < -0.3 is 11.1 Å². The number of halogens is 2. The molecule has 2 rings (SSSR count). The van der Waals surface area contributed by atoms with E-state index in [0.717, 1.165) is 12.8 Å². The molecule has 0 spiro atoms. The molecule has 0 radical (unpaired) electrons. The number of carbonyl (C=O) groups is 1. The van der Waals surface area contributed by atoms with Gasteiger partial charge in [-0.2, -0.15) is 0 Å². The molecular weight excluding hydrogens is 259 g/mol. The molecule has 92 valence electrons. The molecule has 0 heterocycles. The van der Waals surface area contributed by atoms with E-state index in [0.29, 0.717) is 22.8 Å². The van der Waals surface area contributed by atoms with Gasteiger partial charge in [-0.25, -0.2) is 0 Å². The summed E-state index contributed by atoms with van der Waals surface area (Å²) in [6, 6.07) is 3.07. The molecule has 1 amide bonds. The maximum Gasteiger partial charge on any atom is 0.252 e. The average Bonchev–Trinajstić information content (AvgIpc) is 2.99. The summed E-state index contributed by atoms with van der Waals surface area (Å²) >= 11 is 11.9. The minimum absolute atomic E-state index is 0.225. The van der Waals surface area contributed by atoms with Gasteiger partial charge in [-0.3, -0.25) is 4.79 Å². The Hall–Kier alpha value is -0.930. The van der Waals surface area contributed by atoms with Crippen molar-refractivity contribution in [1.29, 1.82) is 0 Å². The lowest BCUT2D eigenvalue weighted by atomic mass is 10.1. The highest BCUT2D eigenvalue weighted by atomic mass is 35.5. The number of rotatable bonds is 3. The molecule has 17 heavy (non-hydrogen) atoms. The zero-order valence-electron chi connectivity index (χ0n) is 9.52. The van der Waals surface area contributed by atoms with Crippen molar-refractivity contribution in [3.05, 3.63) is 27.7 Å². The molecule has 1 aliphatic carbocycles. The standard InChI is InChI=1S/C12H14Cl2N2O/c1-12(2-3-12)6-16-11(17)8-4-7(15)5-9(13)10(8)14/h4-5H,2-3,6,15H2,1H3,(H,16,17). The molecule has 5 heteroatoms. The first-order chi connectivity index (χ1) is 7.91. The average molecular weight is 273 g/mol. The van der Waals surface area contributed by atoms with E-state index in [1.165, 1.54) is 6.07 Å². The van der Waals surface area contributed by atoms with E-state index in [9.17, 15) is 4.79 Å². The third kappa shape index (κ3) is 2.85. The molecular formula is C12H14Cl2N2O. The molecule has 0 bridgehead atoms. The number of nitrogens with two attached hydrogens (primary N) is 1. The zero-order valence-corrected chi connectivity index (χ0v) is 11.0. The fourth-order valence-electron chi connectivity index (χ4n) is 1.55. The van der Waals surface area contributed by atoms with Crippen LogP contribution in [0.15, 0.2) is 12.1 Å². The Kier molecular flexibility index (Phi) is 3.23. The molecule has 0 unspecified atom stereocenters. The summed E-state index contributed by atoms with van der Waals surface area (Å²) in [6.45, 7) is 2.80. The van der Waals surface area contributed by atoms with Crippen LogP contribution in [0.2, 0.25) is 10.0 Å². The van der Waals surface area contributed by atoms with Gasteiger partial charge in [0, 0.05) is 12.2 Å². The van der Waals surface area contributed by atoms with Crippen LogP contribution in [0.1, 0.15) is 30.1 Å². The monoisotopic (exact) mass is 272 g/mol. The van der Waals surface area contributed by atoms with Crippen molar-refractivity contribution in [3.8, 4) is 0 Å². The Bertz CT molecular complexity index is 470. The van der Waals surface area contributed by atoms with Crippen molar-refractivity contribution >= 4 is 34.8 Å². The highest BCUT2D eigenvalue weighted by Gasteiger charge is 2.37. The number of nitrogen functional groups attached to an aromatic ring is 1. The fraction of sp³-hybridized carbons (Fsp3) is 0.417. The van der Waals surface area contributed by atoms with Crippen LogP contribution in [-0.2, 0) is 0 Å². The summed E-state index contributed by atoms with van der Waals surface area (Å²) in [4.78, 5) is 11.9. The second-order valence-electron chi connectivity index (χ2n) is 4.86. The number of hydrogen-bond donors (Lipinski definition) is 2. The van der Waals surface area contributed by atoms with Gasteiger partial charge in [0.2, 0.25) is 0 Å². The van der Waals surface area contributed by atoms with E-state index >= 15 is 0 Å². The molecule has 3 N–H and O–H groups in total. The molecule has 1 aliphatic rings. The van der Waals surface area contributed by atoms with Crippen LogP contribution in [0.4, 0.5) is 5.69 Å². The van der Waals surface area contributed by atoms with Gasteiger partial charge in [-0.15, -0.1) is 0 Å². The summed E-state index contributed by atoms with van der Waals surface area (Å²) < 4.78 is 0. The summed E-state index contributed by atoms with van der Waals surface area (Å²) in [7, 11) is 0. The SMILES string of the molecule is CC1(CNC(=O)c2cc(N)cc(Cl)c2Cl)CC1. The van der Waals surface area contributed by atoms with E-state index in [4.69, 9.17) is 28.9 Å². The maximum absolute atomic E-state index is 11.9. The van der Waals surface area contributed by atoms with Crippen molar-refractivity contribution < 1.29 is 4.79 Å². The Morgan fingerprint density at radius 1 is 1.47 bits per heavy atom. The molecule has 1 fully saturated rings. The van der Waals surface area contributed by atoms with Crippen LogP contribution in [0.3, 0.4) is 0 Å². The Morgan fingerprint density at radius 2 is 2.12 bits per heavy atom. The summed E-state index contributed by atoms with van der Waals surface area (Å²) in [5.74, 6) is -0.225. The first-order valence-corrected chi connectivity index (χ1v) is 6.20. The van der Waals surface area contributed by atoms with Crippen molar-refractivity contribution in [2.24, 2.45) is 5.41 Å². The molecule has 1 aromatic carbocycles. The van der Waals surface area contributed by atoms with Crippen molar-refractivity contribution in [1.82, 2.24) is 5.32 Å². The number of hydrogen-bond acceptors (Lipinski definition) is 2. The second kappa shape index (κ2) is 4.39. The van der Waals surface area contributed by atoms with Crippen LogP contribution in [0.5, 0.6) is 0 Å². The maximum atomic E-state index is 11.9. The smallest absolute Gasteiger partial charge is 0.252 e. The Labute approximate surface area is 110 Å². The number of benzene rings is 1. The lowest BCUT2D eigenvalue weighted by Gasteiger charge is -2.12. The third-order valence-electron chi connectivity index (χ3n) is 3.07. The molecule has 0 atom stereocenters. The van der Waals surface area contributed by atoms with Crippen LogP contribution < -0.4 is 11.1 Å². The Balaban J connectivity index is 2.13. The van der Waals surface area contributed by atoms with Crippen molar-refractivity contribution in [2.45, 2.75) is 19.8 Å². The lowest BCUT2D eigenvalue weighted by molar-refractivity contribution is 0.0946. The largest absolute Gasteiger partial charge is 0.399 e. The highest BCUT2D eigenvalue weighted by Crippen LogP contribution is 2.44. The first kappa shape index (κ1) is 12.5. The van der Waals surface area contributed by atoms with E-state index in [1.807, 2.05) is 0 Å². The Morgan fingerprint density at radius 3 is 2.71 bits per heavy atom. The molecule has 1 saturated carbocycles. The van der Waals surface area contributed by atoms with Crippen molar-refractivity contribution in [2.75, 3.05) is 12.3 Å². The minimum Gasteiger partial charge on any atom is -0.399 e. The number of amides is 1. The summed E-state index contributed by atoms with van der Waals surface area (Å²) in [5, 5.41) is 3.41. The second-order valence-corrected chi connectivity index (χ2v) is 5.64. The predicted molar refractivity (Wildman–Crippen MR) is 70.5 cm³/mol. The van der Waals surface area contributed by atoms with Crippen molar-refractivity contribution in [3.63, 3.8) is 0 Å². The van der Waals surface area contributed by atoms with Gasteiger partial charge >= 0.3 is 0 Å². The minimum atomic E-state index is -0.225. The number of nitrogens with one attached hydrogen (secondary N) is 1. The van der Waals surface area contributed by atoms with Crippen LogP contribution in [-0.4, -0.2) is 12.5 Å². The fourth-order valence-corrected chi connectivity index (χ4v) is 1.98. The van der Waals surface area contributed by atoms with E-state index in [-0.39, 0.29) is 16.3 Å². The van der Waals surface area contributed by atoms with Crippen LogP contribution in [0.25, 0.3) is 0 Å². The first-order valence-electron chi connectivity index (χ1n) is 5.44. The predicted octanol–water partition coefficient (Wildman–Crippen LogP) is 3.11. The normalized spacial score (nSPS) is 16.6. The summed E-state index contributed by atoms with van der Waals surface area (Å²) in [6.07, 6.45) is 2.30. The quantitative estimate of drug-likeness (QED) is 0.831. The van der Waals surface area contributed by atoms with Gasteiger partial charge in [0.25, 0.3) is 5.91 Å². The molecule has 3 nitrogen and oxygen atoms in total. The van der Waals surface area contributed by atoms with Gasteiger partial charge in [-0.05, 0) is 30.4 Å². The topological polar surface area (TPSA) is 55.1 Å². The number of carbonyl (C=O) groups excluding carboxylic acids is 1. The van der Waals surface area contributed by atoms with E-state index in [2.05, 4.69) is 12.2 Å². The van der Waals surface area contributed by atoms with Gasteiger partial charge in [0.05, 0.1) is 15.6 Å². The van der Waals surface area contributed by atoms with Gasteiger partial charge in [-0.1, -0.05) is 30.1 Å². The highest BCUT2D eigenvalue weighted by molar-refractivity contribution is 6.44. The third-order valence-corrected chi connectivity index (χ3v) is 3.88. The van der Waals surface area contributed by atoms with E-state index < -0.39 is 0 Å². The van der Waals surface area contributed by atoms with Gasteiger partial charge in [0.1, 0.15) is 0 Å². The zero-order chi connectivity index (χ0) is 12.6. The molecule has 0 aromatic heterocycles. The number of anilines is 1. The molecule has 0 aliphatic heterocycles. The van der Waals surface area contributed by atoms with Crippen LogP contribution >= 0.6 is 23.2 Å². The molecule has 1 aromatic rings. The lowest BCUT2D eigenvalue weighted by Crippen LogP contribution is -2.29. The summed E-state index contributed by atoms with van der Waals surface area (Å²) in [5.41, 5.74) is 6.66. The van der Waals surface area contributed by atoms with Crippen LogP contribution in [0, 0.1) is 5.41 Å². The van der Waals surface area contributed by atoms with E-state index in [1.54, 1.807) is 6.07 Å². The molecule has 0 saturated heterocycles. The van der Waals surface area contributed by atoms with Gasteiger partial charge in [0.15, 0.2) is 0 Å².